The van der Waals surface area contributed by atoms with Gasteiger partial charge in [-0.1, -0.05) is 31.3 Å². The summed E-state index contributed by atoms with van der Waals surface area (Å²) in [6.07, 6.45) is 13.7. The Morgan fingerprint density at radius 2 is 1.97 bits per heavy atom. The first kappa shape index (κ1) is 25.4. The van der Waals surface area contributed by atoms with Gasteiger partial charge in [-0.25, -0.2) is 14.8 Å². The molecule has 1 atom stereocenters. The summed E-state index contributed by atoms with van der Waals surface area (Å²) in [5.74, 6) is 3.24. The van der Waals surface area contributed by atoms with E-state index in [-0.39, 0.29) is 17.7 Å². The normalized spacial score (nSPS) is 20.6. The highest BCUT2D eigenvalue weighted by Gasteiger charge is 2.29. The van der Waals surface area contributed by atoms with Crippen LogP contribution in [-0.2, 0) is 13.1 Å². The topological polar surface area (TPSA) is 144 Å². The average molecular weight is 533 g/mol. The van der Waals surface area contributed by atoms with Crippen LogP contribution in [0, 0.1) is 17.8 Å². The lowest BCUT2D eigenvalue weighted by Crippen LogP contribution is -2.31. The van der Waals surface area contributed by atoms with Crippen LogP contribution in [0.3, 0.4) is 0 Å². The fraction of sp³-hybridized carbons (Fsp3) is 0.593. The van der Waals surface area contributed by atoms with Gasteiger partial charge in [-0.2, -0.15) is 4.98 Å². The van der Waals surface area contributed by atoms with Crippen LogP contribution in [0.2, 0.25) is 0 Å². The number of imidazole rings is 1. The van der Waals surface area contributed by atoms with Gasteiger partial charge in [0.1, 0.15) is 5.52 Å². The second-order valence-electron chi connectivity index (χ2n) is 11.3. The number of aromatic nitrogens is 8. The highest BCUT2D eigenvalue weighted by Crippen LogP contribution is 2.36. The summed E-state index contributed by atoms with van der Waals surface area (Å²) >= 11 is 0. The molecule has 4 aromatic heterocycles. The van der Waals surface area contributed by atoms with Crippen LogP contribution in [0.1, 0.15) is 64.5 Å². The summed E-state index contributed by atoms with van der Waals surface area (Å²) < 4.78 is 7.03. The van der Waals surface area contributed by atoms with Crippen LogP contribution >= 0.6 is 0 Å². The fourth-order valence-electron chi connectivity index (χ4n) is 5.79. The van der Waals surface area contributed by atoms with Gasteiger partial charge in [0.15, 0.2) is 11.5 Å². The number of H-pyrrole nitrogens is 1. The third-order valence-corrected chi connectivity index (χ3v) is 8.39. The van der Waals surface area contributed by atoms with Gasteiger partial charge in [0.2, 0.25) is 17.6 Å². The van der Waals surface area contributed by atoms with E-state index in [2.05, 4.69) is 48.7 Å². The van der Waals surface area contributed by atoms with Gasteiger partial charge >= 0.3 is 5.76 Å². The smallest absolute Gasteiger partial charge is 0.365 e. The Balaban J connectivity index is 1.46. The van der Waals surface area contributed by atoms with Crippen LogP contribution in [-0.4, -0.2) is 52.7 Å². The maximum atomic E-state index is 11.7. The van der Waals surface area contributed by atoms with Crippen molar-refractivity contribution in [2.75, 3.05) is 17.3 Å². The molecule has 6 rings (SSSR count). The summed E-state index contributed by atoms with van der Waals surface area (Å²) in [4.78, 5) is 39.7. The summed E-state index contributed by atoms with van der Waals surface area (Å²) in [6.45, 7) is 5.94. The lowest BCUT2D eigenvalue weighted by molar-refractivity contribution is 0.267. The largest absolute Gasteiger partial charge is 0.439 e. The molecule has 0 aliphatic heterocycles. The molecule has 0 saturated heterocycles. The molecule has 0 bridgehead atoms. The molecular weight excluding hydrogens is 496 g/mol. The van der Waals surface area contributed by atoms with Gasteiger partial charge in [0.25, 0.3) is 0 Å². The molecule has 206 valence electrons. The Morgan fingerprint density at radius 1 is 1.15 bits per heavy atom. The van der Waals surface area contributed by atoms with E-state index < -0.39 is 5.76 Å². The van der Waals surface area contributed by atoms with Crippen molar-refractivity contribution in [3.63, 3.8) is 0 Å². The molecule has 2 aliphatic carbocycles. The van der Waals surface area contributed by atoms with E-state index >= 15 is 0 Å². The Labute approximate surface area is 226 Å². The number of anilines is 2. The van der Waals surface area contributed by atoms with Gasteiger partial charge in [-0.3, -0.25) is 19.5 Å². The van der Waals surface area contributed by atoms with Gasteiger partial charge in [0, 0.05) is 32.0 Å². The number of hydrogen-bond acceptors (Lipinski definition) is 10. The van der Waals surface area contributed by atoms with Gasteiger partial charge in [-0.15, -0.1) is 0 Å². The zero-order valence-corrected chi connectivity index (χ0v) is 22.8. The minimum atomic E-state index is -0.646. The van der Waals surface area contributed by atoms with E-state index in [0.29, 0.717) is 29.8 Å². The number of fused-ring (bicyclic) bond motifs is 1. The number of aromatic amines is 1. The van der Waals surface area contributed by atoms with Crippen LogP contribution < -0.4 is 16.0 Å². The molecule has 0 spiro atoms. The zero-order chi connectivity index (χ0) is 26.9. The van der Waals surface area contributed by atoms with Crippen LogP contribution in [0.4, 0.5) is 11.8 Å². The van der Waals surface area contributed by atoms with Crippen LogP contribution in [0.5, 0.6) is 0 Å². The summed E-state index contributed by atoms with van der Waals surface area (Å²) in [5.41, 5.74) is 2.28. The molecule has 4 heterocycles. The first-order valence-electron chi connectivity index (χ1n) is 14.0. The Kier molecular flexibility index (Phi) is 7.01. The molecule has 12 nitrogen and oxygen atoms in total. The molecule has 0 amide bonds. The lowest BCUT2D eigenvalue weighted by Gasteiger charge is -2.32. The highest BCUT2D eigenvalue weighted by atomic mass is 16.5. The third-order valence-electron chi connectivity index (χ3n) is 8.39. The first-order valence-corrected chi connectivity index (χ1v) is 14.0. The van der Waals surface area contributed by atoms with E-state index in [1.807, 2.05) is 7.05 Å². The number of nitrogens with zero attached hydrogens (tertiary/aromatic N) is 8. The fourth-order valence-corrected chi connectivity index (χ4v) is 5.79. The van der Waals surface area contributed by atoms with E-state index in [1.165, 1.54) is 44.9 Å². The van der Waals surface area contributed by atoms with Crippen molar-refractivity contribution in [3.8, 4) is 11.6 Å². The van der Waals surface area contributed by atoms with Gasteiger partial charge in [0.05, 0.1) is 18.4 Å². The Morgan fingerprint density at radius 3 is 2.64 bits per heavy atom. The molecule has 2 saturated carbocycles. The molecule has 12 heteroatoms. The lowest BCUT2D eigenvalue weighted by atomic mass is 9.80. The summed E-state index contributed by atoms with van der Waals surface area (Å²) in [5, 5.41) is 7.53. The second kappa shape index (κ2) is 10.7. The minimum absolute atomic E-state index is 0.187. The molecule has 0 unspecified atom stereocenters. The zero-order valence-electron chi connectivity index (χ0n) is 22.8. The van der Waals surface area contributed by atoms with Gasteiger partial charge < -0.3 is 14.8 Å². The Bertz CT molecular complexity index is 1470. The van der Waals surface area contributed by atoms with Gasteiger partial charge in [-0.05, 0) is 50.4 Å². The number of rotatable bonds is 9. The molecule has 2 fully saturated rings. The maximum absolute atomic E-state index is 11.7. The minimum Gasteiger partial charge on any atom is -0.365 e. The summed E-state index contributed by atoms with van der Waals surface area (Å²) in [6, 6.07) is 0.237. The molecule has 2 aliphatic rings. The highest BCUT2D eigenvalue weighted by molar-refractivity contribution is 5.87. The first-order chi connectivity index (χ1) is 18.9. The summed E-state index contributed by atoms with van der Waals surface area (Å²) in [7, 11) is 2.02. The van der Waals surface area contributed by atoms with Crippen molar-refractivity contribution >= 4 is 22.9 Å². The standard InChI is InChI=1S/C27H36N10O2/c1-16-7-9-18(10-8-16)14-37-21-22(30-17(2)19-5-4-6-19)31-24(25-34-27(38)39-35-25)32-23(21)33-26(37)36(3)15-20-13-28-11-12-29-20/h11-13,16-19H,4-10,14-15H2,1-3H3,(H,30,31,32)(H,34,35,38)/t16-,17-,18-/m1/s1. The van der Waals surface area contributed by atoms with Crippen molar-refractivity contribution in [2.24, 2.45) is 17.8 Å². The molecule has 4 aromatic rings. The number of hydrogen-bond donors (Lipinski definition) is 2. The molecule has 39 heavy (non-hydrogen) atoms. The van der Waals surface area contributed by atoms with Crippen molar-refractivity contribution in [3.05, 3.63) is 34.8 Å². The van der Waals surface area contributed by atoms with E-state index in [0.717, 1.165) is 29.6 Å². The molecule has 2 N–H and O–H groups in total. The molecular formula is C27H36N10O2. The predicted molar refractivity (Wildman–Crippen MR) is 147 cm³/mol. The van der Waals surface area contributed by atoms with Crippen LogP contribution in [0.25, 0.3) is 22.8 Å². The third kappa shape index (κ3) is 5.37. The van der Waals surface area contributed by atoms with E-state index in [9.17, 15) is 4.79 Å². The monoisotopic (exact) mass is 532 g/mol. The SMILES string of the molecule is C[C@@H](Nc1nc(-c2noc(=O)[nH]2)nc2nc(N(C)Cc3cnccn3)n(C[C@H]3CC[C@H](C)CC3)c12)C1CCC1. The van der Waals surface area contributed by atoms with Crippen molar-refractivity contribution < 1.29 is 4.52 Å². The molecule has 0 aromatic carbocycles. The van der Waals surface area contributed by atoms with E-state index in [1.54, 1.807) is 18.6 Å². The maximum Gasteiger partial charge on any atom is 0.439 e. The second-order valence-corrected chi connectivity index (χ2v) is 11.3. The Hall–Kier alpha value is -3.83. The predicted octanol–water partition coefficient (Wildman–Crippen LogP) is 4.02. The van der Waals surface area contributed by atoms with Crippen molar-refractivity contribution in [2.45, 2.75) is 77.9 Å². The van der Waals surface area contributed by atoms with E-state index in [4.69, 9.17) is 19.5 Å². The van der Waals surface area contributed by atoms with Crippen molar-refractivity contribution in [1.29, 1.82) is 0 Å². The van der Waals surface area contributed by atoms with Crippen LogP contribution in [0.15, 0.2) is 27.9 Å². The average Bonchev–Trinajstić information content (AvgIpc) is 3.49. The molecule has 0 radical (unpaired) electrons. The number of nitrogens with one attached hydrogen (secondary N) is 2. The van der Waals surface area contributed by atoms with Crippen molar-refractivity contribution in [1.82, 2.24) is 39.6 Å². The quantitative estimate of drug-likeness (QED) is 0.324.